The third-order valence-electron chi connectivity index (χ3n) is 5.51. The molecule has 0 radical (unpaired) electrons. The standard InChI is InChI=1S/C20H29N3O2.ClH/c1-13(2)15-4-6-16(7-5-15)23-11-9-17(20(23)25)19(24)22-18-8-10-21-12-14(18)3;/h4-7,13-14,17-18,21H,8-12H2,1-3H3,(H,22,24);1H. The number of hydrogen-bond donors (Lipinski definition) is 2. The molecule has 1 aromatic carbocycles. The SMILES string of the molecule is CC(C)c1ccc(N2CCC(C(=O)NC3CCNCC3C)C2=O)cc1.Cl. The van der Waals surface area contributed by atoms with E-state index in [0.717, 1.165) is 25.2 Å². The number of nitrogens with zero attached hydrogens (tertiary/aromatic N) is 1. The number of carbonyl (C=O) groups excluding carboxylic acids is 2. The van der Waals surface area contributed by atoms with E-state index >= 15 is 0 Å². The number of piperidine rings is 1. The van der Waals surface area contributed by atoms with E-state index in [-0.39, 0.29) is 30.3 Å². The van der Waals surface area contributed by atoms with E-state index in [9.17, 15) is 9.59 Å². The minimum atomic E-state index is -0.549. The molecule has 6 heteroatoms. The Hall–Kier alpha value is -1.59. The van der Waals surface area contributed by atoms with Crippen molar-refractivity contribution in [1.29, 1.82) is 0 Å². The largest absolute Gasteiger partial charge is 0.352 e. The average Bonchev–Trinajstić information content (AvgIpc) is 2.98. The van der Waals surface area contributed by atoms with Crippen LogP contribution in [0.3, 0.4) is 0 Å². The lowest BCUT2D eigenvalue weighted by Crippen LogP contribution is -2.50. The summed E-state index contributed by atoms with van der Waals surface area (Å²) in [4.78, 5) is 27.1. The molecule has 26 heavy (non-hydrogen) atoms. The van der Waals surface area contributed by atoms with Crippen molar-refractivity contribution in [2.45, 2.75) is 45.6 Å². The van der Waals surface area contributed by atoms with E-state index in [4.69, 9.17) is 0 Å². The van der Waals surface area contributed by atoms with Gasteiger partial charge >= 0.3 is 0 Å². The summed E-state index contributed by atoms with van der Waals surface area (Å²) in [7, 11) is 0. The van der Waals surface area contributed by atoms with Crippen LogP contribution < -0.4 is 15.5 Å². The summed E-state index contributed by atoms with van der Waals surface area (Å²) in [5.74, 6) is 0.135. The Bertz CT molecular complexity index is 632. The number of amides is 2. The first kappa shape index (κ1) is 20.7. The highest BCUT2D eigenvalue weighted by Crippen LogP contribution is 2.27. The second-order valence-corrected chi connectivity index (χ2v) is 7.66. The van der Waals surface area contributed by atoms with Crippen molar-refractivity contribution in [3.63, 3.8) is 0 Å². The van der Waals surface area contributed by atoms with Gasteiger partial charge in [0.25, 0.3) is 0 Å². The van der Waals surface area contributed by atoms with Crippen molar-refractivity contribution >= 4 is 29.9 Å². The van der Waals surface area contributed by atoms with Crippen molar-refractivity contribution in [1.82, 2.24) is 10.6 Å². The highest BCUT2D eigenvalue weighted by molar-refractivity contribution is 6.09. The predicted molar refractivity (Wildman–Crippen MR) is 107 cm³/mol. The van der Waals surface area contributed by atoms with E-state index in [2.05, 4.69) is 43.5 Å². The first-order valence-electron chi connectivity index (χ1n) is 9.39. The molecule has 144 valence electrons. The monoisotopic (exact) mass is 379 g/mol. The molecule has 0 spiro atoms. The quantitative estimate of drug-likeness (QED) is 0.791. The maximum atomic E-state index is 12.7. The van der Waals surface area contributed by atoms with Crippen LogP contribution in [-0.4, -0.2) is 37.5 Å². The van der Waals surface area contributed by atoms with Gasteiger partial charge < -0.3 is 15.5 Å². The normalized spacial score (nSPS) is 25.9. The van der Waals surface area contributed by atoms with Gasteiger partial charge in [-0.2, -0.15) is 0 Å². The molecule has 2 N–H and O–H groups in total. The molecule has 0 saturated carbocycles. The molecular weight excluding hydrogens is 350 g/mol. The van der Waals surface area contributed by atoms with Crippen LogP contribution in [0.1, 0.15) is 45.1 Å². The van der Waals surface area contributed by atoms with Gasteiger partial charge in [-0.1, -0.05) is 32.9 Å². The Morgan fingerprint density at radius 3 is 2.54 bits per heavy atom. The Kier molecular flexibility index (Phi) is 7.07. The second kappa shape index (κ2) is 8.87. The highest BCUT2D eigenvalue weighted by atomic mass is 35.5. The van der Waals surface area contributed by atoms with Gasteiger partial charge in [-0.3, -0.25) is 9.59 Å². The van der Waals surface area contributed by atoms with Crippen LogP contribution in [0.15, 0.2) is 24.3 Å². The summed E-state index contributed by atoms with van der Waals surface area (Å²) in [6.45, 7) is 8.88. The molecule has 3 unspecified atom stereocenters. The fraction of sp³-hybridized carbons (Fsp3) is 0.600. The van der Waals surface area contributed by atoms with Gasteiger partial charge in [0.1, 0.15) is 5.92 Å². The highest BCUT2D eigenvalue weighted by Gasteiger charge is 2.38. The topological polar surface area (TPSA) is 61.4 Å². The Morgan fingerprint density at radius 2 is 1.92 bits per heavy atom. The van der Waals surface area contributed by atoms with Crippen LogP contribution in [-0.2, 0) is 9.59 Å². The van der Waals surface area contributed by atoms with Crippen molar-refractivity contribution < 1.29 is 9.59 Å². The van der Waals surface area contributed by atoms with Crippen LogP contribution in [0.4, 0.5) is 5.69 Å². The van der Waals surface area contributed by atoms with Crippen molar-refractivity contribution in [3.05, 3.63) is 29.8 Å². The fourth-order valence-corrected chi connectivity index (χ4v) is 3.73. The molecule has 2 heterocycles. The number of anilines is 1. The zero-order valence-corrected chi connectivity index (χ0v) is 16.6. The van der Waals surface area contributed by atoms with Gasteiger partial charge in [0, 0.05) is 18.3 Å². The number of nitrogens with one attached hydrogen (secondary N) is 2. The van der Waals surface area contributed by atoms with E-state index in [1.165, 1.54) is 5.56 Å². The molecule has 0 aliphatic carbocycles. The summed E-state index contributed by atoms with van der Waals surface area (Å²) in [6, 6.07) is 8.28. The molecule has 3 atom stereocenters. The molecule has 1 aromatic rings. The lowest BCUT2D eigenvalue weighted by atomic mass is 9.94. The summed E-state index contributed by atoms with van der Waals surface area (Å²) < 4.78 is 0. The lowest BCUT2D eigenvalue weighted by molar-refractivity contribution is -0.132. The molecule has 0 bridgehead atoms. The first-order valence-corrected chi connectivity index (χ1v) is 9.39. The molecule has 2 amide bonds. The minimum Gasteiger partial charge on any atom is -0.352 e. The van der Waals surface area contributed by atoms with Gasteiger partial charge in [-0.05, 0) is 55.5 Å². The lowest BCUT2D eigenvalue weighted by Gasteiger charge is -2.30. The van der Waals surface area contributed by atoms with Crippen LogP contribution >= 0.6 is 12.4 Å². The third kappa shape index (κ3) is 4.38. The maximum absolute atomic E-state index is 12.7. The summed E-state index contributed by atoms with van der Waals surface area (Å²) >= 11 is 0. The van der Waals surface area contributed by atoms with E-state index in [0.29, 0.717) is 24.8 Å². The smallest absolute Gasteiger partial charge is 0.239 e. The molecule has 5 nitrogen and oxygen atoms in total. The number of rotatable bonds is 4. The van der Waals surface area contributed by atoms with Gasteiger partial charge in [0.15, 0.2) is 0 Å². The Morgan fingerprint density at radius 1 is 1.23 bits per heavy atom. The summed E-state index contributed by atoms with van der Waals surface area (Å²) in [5.41, 5.74) is 2.14. The van der Waals surface area contributed by atoms with Gasteiger partial charge in [0.2, 0.25) is 11.8 Å². The summed E-state index contributed by atoms with van der Waals surface area (Å²) in [5, 5.41) is 6.44. The van der Waals surface area contributed by atoms with Crippen LogP contribution in [0.2, 0.25) is 0 Å². The van der Waals surface area contributed by atoms with Crippen molar-refractivity contribution in [2.75, 3.05) is 24.5 Å². The van der Waals surface area contributed by atoms with Crippen molar-refractivity contribution in [2.24, 2.45) is 11.8 Å². The molecule has 2 fully saturated rings. The predicted octanol–water partition coefficient (Wildman–Crippen LogP) is 2.70. The third-order valence-corrected chi connectivity index (χ3v) is 5.51. The number of benzene rings is 1. The molecule has 0 aromatic heterocycles. The first-order chi connectivity index (χ1) is 12.0. The minimum absolute atomic E-state index is 0. The fourth-order valence-electron chi connectivity index (χ4n) is 3.73. The van der Waals surface area contributed by atoms with Crippen LogP contribution in [0.25, 0.3) is 0 Å². The number of carbonyl (C=O) groups is 2. The van der Waals surface area contributed by atoms with E-state index in [1.807, 2.05) is 12.1 Å². The molecular formula is C20H30ClN3O2. The number of hydrogen-bond acceptors (Lipinski definition) is 3. The van der Waals surface area contributed by atoms with E-state index in [1.54, 1.807) is 4.90 Å². The van der Waals surface area contributed by atoms with Crippen LogP contribution in [0.5, 0.6) is 0 Å². The molecule has 2 aliphatic heterocycles. The summed E-state index contributed by atoms with van der Waals surface area (Å²) in [6.07, 6.45) is 1.52. The van der Waals surface area contributed by atoms with Crippen LogP contribution in [0, 0.1) is 11.8 Å². The number of halogens is 1. The van der Waals surface area contributed by atoms with E-state index < -0.39 is 5.92 Å². The second-order valence-electron chi connectivity index (χ2n) is 7.66. The maximum Gasteiger partial charge on any atom is 0.239 e. The van der Waals surface area contributed by atoms with Gasteiger partial charge in [0.05, 0.1) is 0 Å². The van der Waals surface area contributed by atoms with Gasteiger partial charge in [-0.15, -0.1) is 12.4 Å². The zero-order valence-electron chi connectivity index (χ0n) is 15.8. The molecule has 2 saturated heterocycles. The van der Waals surface area contributed by atoms with Gasteiger partial charge in [-0.25, -0.2) is 0 Å². The average molecular weight is 380 g/mol. The molecule has 2 aliphatic rings. The zero-order chi connectivity index (χ0) is 18.0. The molecule has 3 rings (SSSR count). The van der Waals surface area contributed by atoms with Crippen molar-refractivity contribution in [3.8, 4) is 0 Å². The Balaban J connectivity index is 0.00000243. The Labute approximate surface area is 162 Å².